The van der Waals surface area contributed by atoms with Gasteiger partial charge in [-0.25, -0.2) is 4.79 Å². The summed E-state index contributed by atoms with van der Waals surface area (Å²) in [5.74, 6) is -0.918. The lowest BCUT2D eigenvalue weighted by Gasteiger charge is -2.29. The van der Waals surface area contributed by atoms with E-state index in [-0.39, 0.29) is 11.6 Å². The molecule has 0 aliphatic carbocycles. The Morgan fingerprint density at radius 1 is 1.50 bits per heavy atom. The predicted molar refractivity (Wildman–Crippen MR) is 81.4 cm³/mol. The summed E-state index contributed by atoms with van der Waals surface area (Å²) in [5, 5.41) is 12.3. The Morgan fingerprint density at radius 2 is 2.20 bits per heavy atom. The Bertz CT molecular complexity index is 475. The summed E-state index contributed by atoms with van der Waals surface area (Å²) < 4.78 is 6.10. The van der Waals surface area contributed by atoms with Crippen molar-refractivity contribution in [1.29, 1.82) is 0 Å². The maximum atomic E-state index is 10.9. The largest absolute Gasteiger partial charge is 0.478 e. The summed E-state index contributed by atoms with van der Waals surface area (Å²) in [6.45, 7) is 6.58. The predicted octanol–water partition coefficient (Wildman–Crippen LogP) is 2.28. The van der Waals surface area contributed by atoms with E-state index in [9.17, 15) is 4.79 Å². The number of carboxylic acid groups (broad SMARTS) is 1. The molecule has 0 radical (unpaired) electrons. The van der Waals surface area contributed by atoms with Crippen LogP contribution in [0.4, 0.5) is 5.69 Å². The second kappa shape index (κ2) is 7.06. The molecule has 20 heavy (non-hydrogen) atoms. The van der Waals surface area contributed by atoms with Gasteiger partial charge in [0.1, 0.15) is 0 Å². The minimum Gasteiger partial charge on any atom is -0.478 e. The molecule has 6 heteroatoms. The number of ether oxygens (including phenoxy) is 1. The van der Waals surface area contributed by atoms with Crippen LogP contribution in [0.15, 0.2) is 22.7 Å². The Balaban J connectivity index is 1.93. The molecule has 0 bridgehead atoms. The SMILES string of the molecule is CC(CN1CCOCC1)Nc1ccc(C(=O)O)cc1Br. The summed E-state index contributed by atoms with van der Waals surface area (Å²) >= 11 is 3.41. The second-order valence-corrected chi connectivity index (χ2v) is 5.81. The third-order valence-electron chi connectivity index (χ3n) is 3.25. The number of hydrogen-bond acceptors (Lipinski definition) is 4. The zero-order valence-electron chi connectivity index (χ0n) is 11.4. The van der Waals surface area contributed by atoms with Gasteiger partial charge in [-0.1, -0.05) is 0 Å². The third-order valence-corrected chi connectivity index (χ3v) is 3.91. The minimum atomic E-state index is -0.918. The van der Waals surface area contributed by atoms with Gasteiger partial charge in [0.15, 0.2) is 0 Å². The van der Waals surface area contributed by atoms with Gasteiger partial charge in [0.2, 0.25) is 0 Å². The van der Waals surface area contributed by atoms with Crippen LogP contribution in [0.5, 0.6) is 0 Å². The molecule has 2 rings (SSSR count). The lowest BCUT2D eigenvalue weighted by atomic mass is 10.2. The first-order chi connectivity index (χ1) is 9.56. The number of benzene rings is 1. The van der Waals surface area contributed by atoms with Crippen molar-refractivity contribution in [3.63, 3.8) is 0 Å². The third kappa shape index (κ3) is 4.19. The smallest absolute Gasteiger partial charge is 0.335 e. The number of aromatic carboxylic acids is 1. The van der Waals surface area contributed by atoms with E-state index in [1.54, 1.807) is 18.2 Å². The normalized spacial score (nSPS) is 17.7. The van der Waals surface area contributed by atoms with Crippen LogP contribution >= 0.6 is 15.9 Å². The number of anilines is 1. The van der Waals surface area contributed by atoms with Gasteiger partial charge in [-0.15, -0.1) is 0 Å². The van der Waals surface area contributed by atoms with E-state index >= 15 is 0 Å². The Morgan fingerprint density at radius 3 is 2.80 bits per heavy atom. The number of nitrogens with zero attached hydrogens (tertiary/aromatic N) is 1. The van der Waals surface area contributed by atoms with Crippen LogP contribution in [0.25, 0.3) is 0 Å². The maximum Gasteiger partial charge on any atom is 0.335 e. The first-order valence-corrected chi connectivity index (χ1v) is 7.45. The van der Waals surface area contributed by atoms with Gasteiger partial charge in [0.25, 0.3) is 0 Å². The number of morpholine rings is 1. The molecule has 1 aromatic rings. The van der Waals surface area contributed by atoms with Crippen LogP contribution in [0.1, 0.15) is 17.3 Å². The fraction of sp³-hybridized carbons (Fsp3) is 0.500. The topological polar surface area (TPSA) is 61.8 Å². The molecule has 1 heterocycles. The zero-order chi connectivity index (χ0) is 14.5. The average Bonchev–Trinajstić information content (AvgIpc) is 2.42. The number of rotatable bonds is 5. The molecule has 1 atom stereocenters. The van der Waals surface area contributed by atoms with Crippen molar-refractivity contribution in [2.24, 2.45) is 0 Å². The molecular formula is C14H19BrN2O3. The zero-order valence-corrected chi connectivity index (χ0v) is 13.0. The van der Waals surface area contributed by atoms with Gasteiger partial charge in [0, 0.05) is 35.8 Å². The van der Waals surface area contributed by atoms with Crippen molar-refractivity contribution in [3.05, 3.63) is 28.2 Å². The molecule has 0 aromatic heterocycles. The van der Waals surface area contributed by atoms with E-state index in [4.69, 9.17) is 9.84 Å². The molecule has 1 aliphatic heterocycles. The minimum absolute atomic E-state index is 0.278. The molecule has 0 saturated carbocycles. The van der Waals surface area contributed by atoms with Gasteiger partial charge in [-0.05, 0) is 41.1 Å². The molecule has 0 amide bonds. The fourth-order valence-electron chi connectivity index (χ4n) is 2.25. The van der Waals surface area contributed by atoms with Crippen LogP contribution < -0.4 is 5.32 Å². The standard InChI is InChI=1S/C14H19BrN2O3/c1-10(9-17-4-6-20-7-5-17)16-13-3-2-11(14(18)19)8-12(13)15/h2-3,8,10,16H,4-7,9H2,1H3,(H,18,19). The summed E-state index contributed by atoms with van der Waals surface area (Å²) in [5.41, 5.74) is 1.19. The van der Waals surface area contributed by atoms with E-state index in [1.807, 2.05) is 0 Å². The second-order valence-electron chi connectivity index (χ2n) is 4.96. The molecule has 110 valence electrons. The van der Waals surface area contributed by atoms with Crippen LogP contribution in [0.3, 0.4) is 0 Å². The highest BCUT2D eigenvalue weighted by atomic mass is 79.9. The van der Waals surface area contributed by atoms with Crippen LogP contribution in [0, 0.1) is 0 Å². The number of carbonyl (C=O) groups is 1. The molecule has 1 aliphatic rings. The summed E-state index contributed by atoms with van der Waals surface area (Å²) in [6.07, 6.45) is 0. The fourth-order valence-corrected chi connectivity index (χ4v) is 2.74. The van der Waals surface area contributed by atoms with Crippen molar-refractivity contribution in [2.45, 2.75) is 13.0 Å². The van der Waals surface area contributed by atoms with Crippen LogP contribution in [-0.4, -0.2) is 54.9 Å². The number of hydrogen-bond donors (Lipinski definition) is 2. The Kier molecular flexibility index (Phi) is 5.39. The van der Waals surface area contributed by atoms with E-state index in [1.165, 1.54) is 0 Å². The highest BCUT2D eigenvalue weighted by Gasteiger charge is 2.14. The molecule has 2 N–H and O–H groups in total. The van der Waals surface area contributed by atoms with Gasteiger partial charge in [-0.2, -0.15) is 0 Å². The highest BCUT2D eigenvalue weighted by molar-refractivity contribution is 9.10. The first kappa shape index (κ1) is 15.3. The van der Waals surface area contributed by atoms with Crippen molar-refractivity contribution >= 4 is 27.6 Å². The van der Waals surface area contributed by atoms with Crippen molar-refractivity contribution in [3.8, 4) is 0 Å². The first-order valence-electron chi connectivity index (χ1n) is 6.66. The van der Waals surface area contributed by atoms with Gasteiger partial charge in [0.05, 0.1) is 18.8 Å². The lowest BCUT2D eigenvalue weighted by Crippen LogP contribution is -2.42. The number of nitrogens with one attached hydrogen (secondary N) is 1. The van der Waals surface area contributed by atoms with E-state index in [2.05, 4.69) is 33.1 Å². The summed E-state index contributed by atoms with van der Waals surface area (Å²) in [7, 11) is 0. The lowest BCUT2D eigenvalue weighted by molar-refractivity contribution is 0.0368. The average molecular weight is 343 g/mol. The molecule has 1 unspecified atom stereocenters. The van der Waals surface area contributed by atoms with E-state index in [0.29, 0.717) is 0 Å². The quantitative estimate of drug-likeness (QED) is 0.859. The van der Waals surface area contributed by atoms with Crippen molar-refractivity contribution < 1.29 is 14.6 Å². The van der Waals surface area contributed by atoms with Crippen molar-refractivity contribution in [2.75, 3.05) is 38.2 Å². The molecule has 1 fully saturated rings. The summed E-state index contributed by atoms with van der Waals surface area (Å²) in [6, 6.07) is 5.30. The molecular weight excluding hydrogens is 324 g/mol. The monoisotopic (exact) mass is 342 g/mol. The molecule has 1 aromatic carbocycles. The van der Waals surface area contributed by atoms with Crippen LogP contribution in [0.2, 0.25) is 0 Å². The highest BCUT2D eigenvalue weighted by Crippen LogP contribution is 2.24. The maximum absolute atomic E-state index is 10.9. The molecule has 0 spiro atoms. The van der Waals surface area contributed by atoms with E-state index in [0.717, 1.165) is 43.0 Å². The Hall–Kier alpha value is -1.11. The van der Waals surface area contributed by atoms with Gasteiger partial charge >= 0.3 is 5.97 Å². The van der Waals surface area contributed by atoms with Crippen LogP contribution in [-0.2, 0) is 4.74 Å². The van der Waals surface area contributed by atoms with Crippen molar-refractivity contribution in [1.82, 2.24) is 4.90 Å². The number of halogens is 1. The number of carboxylic acids is 1. The Labute approximate surface area is 127 Å². The van der Waals surface area contributed by atoms with Gasteiger partial charge in [-0.3, -0.25) is 4.90 Å². The van der Waals surface area contributed by atoms with Gasteiger partial charge < -0.3 is 15.2 Å². The molecule has 1 saturated heterocycles. The molecule has 5 nitrogen and oxygen atoms in total. The summed E-state index contributed by atoms with van der Waals surface area (Å²) in [4.78, 5) is 13.3. The van der Waals surface area contributed by atoms with E-state index < -0.39 is 5.97 Å².